The summed E-state index contributed by atoms with van der Waals surface area (Å²) in [6, 6.07) is -0.350. The summed E-state index contributed by atoms with van der Waals surface area (Å²) in [5.41, 5.74) is 0.354. The molecule has 1 aliphatic heterocycles. The molecule has 2 heterocycles. The van der Waals surface area contributed by atoms with E-state index in [-0.39, 0.29) is 17.7 Å². The quantitative estimate of drug-likeness (QED) is 0.805. The lowest BCUT2D eigenvalue weighted by Gasteiger charge is -2.32. The lowest BCUT2D eigenvalue weighted by atomic mass is 10.2. The number of hydrogen-bond donors (Lipinski definition) is 0. The van der Waals surface area contributed by atoms with E-state index in [1.807, 2.05) is 4.57 Å². The van der Waals surface area contributed by atoms with Crippen LogP contribution < -0.4 is 0 Å². The zero-order valence-corrected chi connectivity index (χ0v) is 13.0. The van der Waals surface area contributed by atoms with Crippen molar-refractivity contribution in [2.45, 2.75) is 26.4 Å². The summed E-state index contributed by atoms with van der Waals surface area (Å²) in [4.78, 5) is 17.7. The van der Waals surface area contributed by atoms with Crippen molar-refractivity contribution in [1.82, 2.24) is 18.8 Å². The number of rotatable bonds is 3. The van der Waals surface area contributed by atoms with E-state index in [4.69, 9.17) is 0 Å². The topological polar surface area (TPSA) is 75.5 Å². The first kappa shape index (κ1) is 15.0. The van der Waals surface area contributed by atoms with E-state index >= 15 is 0 Å². The van der Waals surface area contributed by atoms with Gasteiger partial charge in [0.05, 0.1) is 11.8 Å². The first-order valence-corrected chi connectivity index (χ1v) is 8.17. The maximum atomic E-state index is 12.0. The van der Waals surface area contributed by atoms with E-state index in [0.29, 0.717) is 24.6 Å². The van der Waals surface area contributed by atoms with Crippen LogP contribution in [0.5, 0.6) is 0 Å². The molecule has 0 unspecified atom stereocenters. The summed E-state index contributed by atoms with van der Waals surface area (Å²) in [6.45, 7) is 4.36. The predicted molar refractivity (Wildman–Crippen MR) is 74.8 cm³/mol. The average molecular weight is 300 g/mol. The van der Waals surface area contributed by atoms with Crippen LogP contribution >= 0.6 is 0 Å². The summed E-state index contributed by atoms with van der Waals surface area (Å²) in [6.07, 6.45) is 1.70. The fourth-order valence-electron chi connectivity index (χ4n) is 2.35. The second-order valence-corrected chi connectivity index (χ2v) is 7.27. The van der Waals surface area contributed by atoms with Gasteiger partial charge in [-0.25, -0.2) is 13.4 Å². The van der Waals surface area contributed by atoms with Gasteiger partial charge in [0.2, 0.25) is 10.0 Å². The Balaban J connectivity index is 2.36. The maximum absolute atomic E-state index is 12.0. The molecule has 0 fully saturated rings. The number of sulfonamides is 1. The molecular weight excluding hydrogens is 280 g/mol. The lowest BCUT2D eigenvalue weighted by Crippen LogP contribution is -2.41. The largest absolute Gasteiger partial charge is 0.343 e. The van der Waals surface area contributed by atoms with Crippen LogP contribution in [0.1, 0.15) is 36.2 Å². The first-order valence-electron chi connectivity index (χ1n) is 6.56. The molecule has 1 aromatic heterocycles. The molecule has 0 saturated carbocycles. The summed E-state index contributed by atoms with van der Waals surface area (Å²) in [5.74, 6) is 0.518. The average Bonchev–Trinajstić information content (AvgIpc) is 2.82. The number of fused-ring (bicyclic) bond motifs is 1. The summed E-state index contributed by atoms with van der Waals surface area (Å²) >= 11 is 0. The Morgan fingerprint density at radius 2 is 2.10 bits per heavy atom. The normalized spacial score (nSPS) is 19.7. The fourth-order valence-corrected chi connectivity index (χ4v) is 3.62. The Kier molecular flexibility index (Phi) is 3.88. The van der Waals surface area contributed by atoms with Crippen LogP contribution in [0.2, 0.25) is 0 Å². The molecular formula is C12H20N4O3S. The number of hydrogen-bond acceptors (Lipinski definition) is 4. The Morgan fingerprint density at radius 1 is 1.45 bits per heavy atom. The van der Waals surface area contributed by atoms with Gasteiger partial charge in [-0.1, -0.05) is 0 Å². The third-order valence-electron chi connectivity index (χ3n) is 3.52. The van der Waals surface area contributed by atoms with Crippen LogP contribution in [0.4, 0.5) is 0 Å². The molecule has 0 radical (unpaired) electrons. The first-order chi connectivity index (χ1) is 9.27. The third-order valence-corrected chi connectivity index (χ3v) is 5.46. The van der Waals surface area contributed by atoms with Crippen molar-refractivity contribution in [2.24, 2.45) is 0 Å². The Bertz CT molecular complexity index is 621. The standard InChI is InChI=1S/C12H20N4O3S/c1-5-20(18,19)16-7-6-15-8-10(12(17)14(3)4)13-11(15)9(16)2/h8-9H,5-7H2,1-4H3/t9-/m1/s1. The molecule has 0 aromatic carbocycles. The highest BCUT2D eigenvalue weighted by Crippen LogP contribution is 2.27. The molecule has 0 N–H and O–H groups in total. The maximum Gasteiger partial charge on any atom is 0.273 e. The monoisotopic (exact) mass is 300 g/mol. The van der Waals surface area contributed by atoms with Gasteiger partial charge in [-0.05, 0) is 13.8 Å². The van der Waals surface area contributed by atoms with Gasteiger partial charge in [-0.2, -0.15) is 4.31 Å². The van der Waals surface area contributed by atoms with Crippen molar-refractivity contribution in [3.8, 4) is 0 Å². The fraction of sp³-hybridized carbons (Fsp3) is 0.667. The molecule has 112 valence electrons. The van der Waals surface area contributed by atoms with Gasteiger partial charge >= 0.3 is 0 Å². The van der Waals surface area contributed by atoms with Crippen molar-refractivity contribution in [2.75, 3.05) is 26.4 Å². The lowest BCUT2D eigenvalue weighted by molar-refractivity contribution is 0.0822. The van der Waals surface area contributed by atoms with Gasteiger partial charge in [0.25, 0.3) is 5.91 Å². The highest BCUT2D eigenvalue weighted by molar-refractivity contribution is 7.89. The van der Waals surface area contributed by atoms with Gasteiger partial charge in [0, 0.05) is 33.4 Å². The molecule has 8 heteroatoms. The molecule has 1 aliphatic rings. The molecule has 1 atom stereocenters. The molecule has 0 saturated heterocycles. The molecule has 0 aliphatic carbocycles. The van der Waals surface area contributed by atoms with E-state index in [9.17, 15) is 13.2 Å². The Labute approximate surface area is 119 Å². The number of aromatic nitrogens is 2. The minimum absolute atomic E-state index is 0.0710. The number of imidazole rings is 1. The van der Waals surface area contributed by atoms with Crippen molar-refractivity contribution >= 4 is 15.9 Å². The minimum atomic E-state index is -3.26. The molecule has 2 rings (SSSR count). The van der Waals surface area contributed by atoms with Gasteiger partial charge < -0.3 is 9.47 Å². The molecule has 0 spiro atoms. The van der Waals surface area contributed by atoms with Crippen molar-refractivity contribution < 1.29 is 13.2 Å². The zero-order valence-electron chi connectivity index (χ0n) is 12.2. The SMILES string of the molecule is CCS(=O)(=O)N1CCn2cc(C(=O)N(C)C)nc2[C@H]1C. The Morgan fingerprint density at radius 3 is 2.65 bits per heavy atom. The number of carbonyl (C=O) groups excluding carboxylic acids is 1. The van der Waals surface area contributed by atoms with E-state index in [1.54, 1.807) is 34.1 Å². The zero-order chi connectivity index (χ0) is 15.1. The van der Waals surface area contributed by atoms with E-state index in [2.05, 4.69) is 4.98 Å². The van der Waals surface area contributed by atoms with Crippen LogP contribution in [-0.2, 0) is 16.6 Å². The highest BCUT2D eigenvalue weighted by Gasteiger charge is 2.34. The summed E-state index contributed by atoms with van der Waals surface area (Å²) in [5, 5.41) is 0. The summed E-state index contributed by atoms with van der Waals surface area (Å²) < 4.78 is 27.4. The van der Waals surface area contributed by atoms with Gasteiger partial charge in [0.1, 0.15) is 11.5 Å². The number of nitrogens with zero attached hydrogens (tertiary/aromatic N) is 4. The number of amides is 1. The van der Waals surface area contributed by atoms with Crippen LogP contribution in [0.3, 0.4) is 0 Å². The van der Waals surface area contributed by atoms with Crippen LogP contribution in [0, 0.1) is 0 Å². The molecule has 7 nitrogen and oxygen atoms in total. The Hall–Kier alpha value is -1.41. The van der Waals surface area contributed by atoms with Crippen LogP contribution in [0.15, 0.2) is 6.20 Å². The predicted octanol–water partition coefficient (Wildman–Crippen LogP) is 0.311. The second kappa shape index (κ2) is 5.17. The van der Waals surface area contributed by atoms with Crippen molar-refractivity contribution in [1.29, 1.82) is 0 Å². The molecule has 1 amide bonds. The smallest absolute Gasteiger partial charge is 0.273 e. The van der Waals surface area contributed by atoms with Crippen LogP contribution in [-0.4, -0.2) is 59.5 Å². The molecule has 0 bridgehead atoms. The molecule has 20 heavy (non-hydrogen) atoms. The van der Waals surface area contributed by atoms with Gasteiger partial charge in [0.15, 0.2) is 0 Å². The van der Waals surface area contributed by atoms with Crippen molar-refractivity contribution in [3.05, 3.63) is 17.7 Å². The van der Waals surface area contributed by atoms with Crippen molar-refractivity contribution in [3.63, 3.8) is 0 Å². The summed E-state index contributed by atoms with van der Waals surface area (Å²) in [7, 11) is 0.0734. The highest BCUT2D eigenvalue weighted by atomic mass is 32.2. The number of carbonyl (C=O) groups is 1. The molecule has 1 aromatic rings. The third kappa shape index (κ3) is 2.45. The van der Waals surface area contributed by atoms with E-state index < -0.39 is 10.0 Å². The van der Waals surface area contributed by atoms with Gasteiger partial charge in [-0.3, -0.25) is 4.79 Å². The van der Waals surface area contributed by atoms with E-state index in [0.717, 1.165) is 0 Å². The van der Waals surface area contributed by atoms with Crippen LogP contribution in [0.25, 0.3) is 0 Å². The van der Waals surface area contributed by atoms with E-state index in [1.165, 1.54) is 9.21 Å². The second-order valence-electron chi connectivity index (χ2n) is 5.06. The van der Waals surface area contributed by atoms with Gasteiger partial charge in [-0.15, -0.1) is 0 Å². The minimum Gasteiger partial charge on any atom is -0.343 e.